The molecule has 0 saturated heterocycles. The first-order valence-electron chi connectivity index (χ1n) is 5.75. The van der Waals surface area contributed by atoms with Crippen molar-refractivity contribution in [3.05, 3.63) is 45.6 Å². The van der Waals surface area contributed by atoms with Gasteiger partial charge in [0.1, 0.15) is 12.2 Å². The fraction of sp³-hybridized carbons (Fsp3) is 0.0769. The summed E-state index contributed by atoms with van der Waals surface area (Å²) >= 11 is 11.8. The van der Waals surface area contributed by atoms with Crippen molar-refractivity contribution in [2.24, 2.45) is 15.0 Å². The molecule has 0 radical (unpaired) electrons. The summed E-state index contributed by atoms with van der Waals surface area (Å²) in [6.45, 7) is 0.381. The minimum absolute atomic E-state index is 0.298. The topological polar surface area (TPSA) is 66.2 Å². The van der Waals surface area contributed by atoms with Crippen molar-refractivity contribution >= 4 is 47.0 Å². The molecule has 0 fully saturated rings. The first kappa shape index (κ1) is 13.0. The van der Waals surface area contributed by atoms with Crippen LogP contribution in [0.3, 0.4) is 0 Å². The van der Waals surface area contributed by atoms with Crippen LogP contribution in [0.25, 0.3) is 0 Å². The third kappa shape index (κ3) is 2.50. The molecule has 100 valence electrons. The number of nitrogens with zero attached hydrogens (tertiary/aromatic N) is 3. The van der Waals surface area contributed by atoms with Gasteiger partial charge in [-0.1, -0.05) is 29.3 Å². The van der Waals surface area contributed by atoms with Crippen LogP contribution in [0.15, 0.2) is 44.9 Å². The molecule has 1 aromatic rings. The molecular formula is C13H8Cl2N4O. The molecule has 0 aromatic heterocycles. The van der Waals surface area contributed by atoms with Gasteiger partial charge in [-0.2, -0.15) is 0 Å². The van der Waals surface area contributed by atoms with Crippen LogP contribution in [0, 0.1) is 0 Å². The van der Waals surface area contributed by atoms with Crippen LogP contribution in [0.1, 0.15) is 5.56 Å². The molecule has 2 heterocycles. The zero-order valence-electron chi connectivity index (χ0n) is 10.1. The molecule has 20 heavy (non-hydrogen) atoms. The fourth-order valence-electron chi connectivity index (χ4n) is 1.80. The number of amidine groups is 1. The van der Waals surface area contributed by atoms with E-state index in [0.717, 1.165) is 5.56 Å². The Kier molecular flexibility index (Phi) is 3.38. The highest BCUT2D eigenvalue weighted by Gasteiger charge is 2.25. The molecule has 7 heteroatoms. The number of fused-ring (bicyclic) bond motifs is 1. The molecule has 2 aliphatic heterocycles. The van der Waals surface area contributed by atoms with Gasteiger partial charge in [0.05, 0.1) is 22.3 Å². The highest BCUT2D eigenvalue weighted by molar-refractivity contribution is 6.52. The van der Waals surface area contributed by atoms with E-state index in [0.29, 0.717) is 33.8 Å². The van der Waals surface area contributed by atoms with Gasteiger partial charge in [0.2, 0.25) is 0 Å². The van der Waals surface area contributed by atoms with Crippen LogP contribution in [0.2, 0.25) is 10.0 Å². The average molecular weight is 307 g/mol. The second-order valence-corrected chi connectivity index (χ2v) is 4.97. The third-order valence-electron chi connectivity index (χ3n) is 2.77. The van der Waals surface area contributed by atoms with E-state index in [2.05, 4.69) is 20.3 Å². The Morgan fingerprint density at radius 3 is 2.90 bits per heavy atom. The third-order valence-corrected chi connectivity index (χ3v) is 3.51. The zero-order chi connectivity index (χ0) is 14.1. The standard InChI is InChI=1S/C13H8Cl2N4O/c14-8-2-1-7(3-9(8)15)5-16-11-4-10-12(13(20)19-11)18-6-17-10/h1-4,6H,5H2,(H,16,19,20). The van der Waals surface area contributed by atoms with Gasteiger partial charge in [0.25, 0.3) is 5.91 Å². The lowest BCUT2D eigenvalue weighted by molar-refractivity contribution is -0.113. The quantitative estimate of drug-likeness (QED) is 0.895. The molecule has 0 spiro atoms. The summed E-state index contributed by atoms with van der Waals surface area (Å²) in [4.78, 5) is 23.9. The Morgan fingerprint density at radius 1 is 1.25 bits per heavy atom. The minimum atomic E-state index is -0.298. The van der Waals surface area contributed by atoms with Gasteiger partial charge < -0.3 is 5.32 Å². The van der Waals surface area contributed by atoms with Gasteiger partial charge >= 0.3 is 0 Å². The number of hydrogen-bond donors (Lipinski definition) is 1. The van der Waals surface area contributed by atoms with Crippen molar-refractivity contribution in [2.45, 2.75) is 6.54 Å². The van der Waals surface area contributed by atoms with Gasteiger partial charge in [-0.15, -0.1) is 0 Å². The normalized spacial score (nSPS) is 18.7. The molecule has 2 aliphatic rings. The fourth-order valence-corrected chi connectivity index (χ4v) is 2.12. The molecule has 1 amide bonds. The van der Waals surface area contributed by atoms with Crippen LogP contribution >= 0.6 is 23.2 Å². The maximum atomic E-state index is 11.7. The maximum absolute atomic E-state index is 11.7. The van der Waals surface area contributed by atoms with E-state index in [9.17, 15) is 4.79 Å². The predicted octanol–water partition coefficient (Wildman–Crippen LogP) is 2.39. The largest absolute Gasteiger partial charge is 0.305 e. The maximum Gasteiger partial charge on any atom is 0.277 e. The molecule has 0 atom stereocenters. The number of benzene rings is 1. The molecule has 0 saturated carbocycles. The van der Waals surface area contributed by atoms with E-state index in [1.807, 2.05) is 6.07 Å². The van der Waals surface area contributed by atoms with Crippen LogP contribution in [-0.2, 0) is 11.3 Å². The lowest BCUT2D eigenvalue weighted by Gasteiger charge is -2.11. The van der Waals surface area contributed by atoms with Crippen LogP contribution in [0.4, 0.5) is 0 Å². The van der Waals surface area contributed by atoms with Gasteiger partial charge in [-0.05, 0) is 17.7 Å². The number of rotatable bonds is 2. The summed E-state index contributed by atoms with van der Waals surface area (Å²) in [6, 6.07) is 5.28. The van der Waals surface area contributed by atoms with Crippen molar-refractivity contribution in [3.8, 4) is 0 Å². The molecular weight excluding hydrogens is 299 g/mol. The van der Waals surface area contributed by atoms with Crippen LogP contribution in [0.5, 0.6) is 0 Å². The predicted molar refractivity (Wildman–Crippen MR) is 79.8 cm³/mol. The Morgan fingerprint density at radius 2 is 2.10 bits per heavy atom. The van der Waals surface area contributed by atoms with Gasteiger partial charge in [0, 0.05) is 6.08 Å². The summed E-state index contributed by atoms with van der Waals surface area (Å²) in [5.41, 5.74) is 1.74. The summed E-state index contributed by atoms with van der Waals surface area (Å²) in [5, 5.41) is 3.62. The van der Waals surface area contributed by atoms with Crippen molar-refractivity contribution in [1.82, 2.24) is 5.32 Å². The van der Waals surface area contributed by atoms with E-state index in [1.165, 1.54) is 6.34 Å². The molecule has 1 N–H and O–H groups in total. The molecule has 1 aromatic carbocycles. The lowest BCUT2D eigenvalue weighted by atomic mass is 10.2. The van der Waals surface area contributed by atoms with Crippen LogP contribution < -0.4 is 5.32 Å². The zero-order valence-corrected chi connectivity index (χ0v) is 11.6. The SMILES string of the molecule is O=C1NC(=NCc2ccc(Cl)c(Cl)c2)C=C2N=CN=C12. The number of amides is 1. The summed E-state index contributed by atoms with van der Waals surface area (Å²) in [7, 11) is 0. The number of carbonyl (C=O) groups excluding carboxylic acids is 1. The van der Waals surface area contributed by atoms with Gasteiger partial charge in [0.15, 0.2) is 5.71 Å². The lowest BCUT2D eigenvalue weighted by Crippen LogP contribution is -2.39. The number of halogens is 2. The number of carbonyl (C=O) groups is 1. The Balaban J connectivity index is 1.81. The first-order chi connectivity index (χ1) is 9.63. The smallest absolute Gasteiger partial charge is 0.277 e. The highest BCUT2D eigenvalue weighted by Crippen LogP contribution is 2.23. The van der Waals surface area contributed by atoms with Crippen molar-refractivity contribution in [1.29, 1.82) is 0 Å². The van der Waals surface area contributed by atoms with Gasteiger partial charge in [-0.25, -0.2) is 9.98 Å². The second kappa shape index (κ2) is 5.19. The highest BCUT2D eigenvalue weighted by atomic mass is 35.5. The summed E-state index contributed by atoms with van der Waals surface area (Å²) < 4.78 is 0. The first-order valence-corrected chi connectivity index (χ1v) is 6.51. The van der Waals surface area contributed by atoms with E-state index < -0.39 is 0 Å². The van der Waals surface area contributed by atoms with Crippen molar-refractivity contribution < 1.29 is 4.79 Å². The van der Waals surface area contributed by atoms with E-state index in [4.69, 9.17) is 23.2 Å². The van der Waals surface area contributed by atoms with Crippen molar-refractivity contribution in [2.75, 3.05) is 0 Å². The van der Waals surface area contributed by atoms with Gasteiger partial charge in [-0.3, -0.25) is 9.79 Å². The van der Waals surface area contributed by atoms with E-state index in [-0.39, 0.29) is 5.91 Å². The number of hydrogen-bond acceptors (Lipinski definition) is 4. The summed E-state index contributed by atoms with van der Waals surface area (Å²) in [5.74, 6) is 0.155. The summed E-state index contributed by atoms with van der Waals surface area (Å²) in [6.07, 6.45) is 3.03. The van der Waals surface area contributed by atoms with Crippen molar-refractivity contribution in [3.63, 3.8) is 0 Å². The molecule has 5 nitrogen and oxygen atoms in total. The molecule has 0 aliphatic carbocycles. The average Bonchev–Trinajstić information content (AvgIpc) is 2.89. The Labute approximate surface area is 124 Å². The van der Waals surface area contributed by atoms with Crippen LogP contribution in [-0.4, -0.2) is 23.8 Å². The van der Waals surface area contributed by atoms with E-state index in [1.54, 1.807) is 18.2 Å². The number of nitrogens with one attached hydrogen (secondary N) is 1. The second-order valence-electron chi connectivity index (χ2n) is 4.16. The molecule has 3 rings (SSSR count). The minimum Gasteiger partial charge on any atom is -0.305 e. The van der Waals surface area contributed by atoms with E-state index >= 15 is 0 Å². The Bertz CT molecular complexity index is 719. The molecule has 0 unspecified atom stereocenters. The molecule has 0 bridgehead atoms. The Hall–Kier alpha value is -1.98. The monoisotopic (exact) mass is 306 g/mol. The number of aliphatic imine (C=N–C) groups is 3.